The second-order valence-corrected chi connectivity index (χ2v) is 5.29. The molecule has 0 bridgehead atoms. The summed E-state index contributed by atoms with van der Waals surface area (Å²) >= 11 is 6.32. The minimum absolute atomic E-state index is 0.252. The van der Waals surface area contributed by atoms with E-state index >= 15 is 0 Å². The Morgan fingerprint density at radius 2 is 2.06 bits per heavy atom. The molecule has 0 spiro atoms. The number of aryl methyl sites for hydroxylation is 1. The molecular weight excluding hydrogens is 246 g/mol. The number of halogens is 1. The molecule has 0 aliphatic rings. The van der Waals surface area contributed by atoms with Gasteiger partial charge in [-0.05, 0) is 69.7 Å². The van der Waals surface area contributed by atoms with Crippen LogP contribution in [0.2, 0.25) is 5.02 Å². The van der Waals surface area contributed by atoms with Crippen molar-refractivity contribution in [1.29, 1.82) is 0 Å². The van der Waals surface area contributed by atoms with Gasteiger partial charge in [-0.15, -0.1) is 0 Å². The molecule has 0 heterocycles. The van der Waals surface area contributed by atoms with Gasteiger partial charge in [0.05, 0.1) is 6.61 Å². The van der Waals surface area contributed by atoms with E-state index in [9.17, 15) is 0 Å². The Kier molecular flexibility index (Phi) is 5.97. The van der Waals surface area contributed by atoms with Gasteiger partial charge in [0.15, 0.2) is 0 Å². The van der Waals surface area contributed by atoms with E-state index in [1.165, 1.54) is 5.56 Å². The van der Waals surface area contributed by atoms with Gasteiger partial charge in [0.1, 0.15) is 5.75 Å². The van der Waals surface area contributed by atoms with Gasteiger partial charge in [0.2, 0.25) is 0 Å². The Labute approximate surface area is 115 Å². The molecule has 0 radical (unpaired) electrons. The van der Waals surface area contributed by atoms with Crippen molar-refractivity contribution in [2.24, 2.45) is 5.73 Å². The molecule has 0 aromatic heterocycles. The normalized spacial score (nSPS) is 12.6. The van der Waals surface area contributed by atoms with Gasteiger partial charge in [-0.2, -0.15) is 0 Å². The van der Waals surface area contributed by atoms with Crippen molar-refractivity contribution in [1.82, 2.24) is 0 Å². The third-order valence-electron chi connectivity index (χ3n) is 3.16. The Morgan fingerprint density at radius 1 is 1.39 bits per heavy atom. The van der Waals surface area contributed by atoms with Crippen molar-refractivity contribution in [2.75, 3.05) is 6.61 Å². The average Bonchev–Trinajstić information content (AvgIpc) is 2.30. The molecule has 0 aliphatic carbocycles. The van der Waals surface area contributed by atoms with E-state index in [2.05, 4.69) is 6.92 Å². The van der Waals surface area contributed by atoms with Crippen LogP contribution in [0.15, 0.2) is 6.07 Å². The minimum Gasteiger partial charge on any atom is -0.494 e. The maximum absolute atomic E-state index is 6.32. The summed E-state index contributed by atoms with van der Waals surface area (Å²) in [6, 6.07) is 2.29. The van der Waals surface area contributed by atoms with Crippen molar-refractivity contribution >= 4 is 11.6 Å². The molecule has 1 aromatic carbocycles. The van der Waals surface area contributed by atoms with E-state index < -0.39 is 0 Å². The van der Waals surface area contributed by atoms with E-state index in [-0.39, 0.29) is 6.04 Å². The first-order chi connectivity index (χ1) is 8.47. The van der Waals surface area contributed by atoms with E-state index in [1.807, 2.05) is 26.8 Å². The Morgan fingerprint density at radius 3 is 2.61 bits per heavy atom. The summed E-state index contributed by atoms with van der Waals surface area (Å²) < 4.78 is 5.72. The van der Waals surface area contributed by atoms with Gasteiger partial charge >= 0.3 is 0 Å². The lowest BCUT2D eigenvalue weighted by Gasteiger charge is -2.16. The molecule has 0 aliphatic heterocycles. The molecule has 0 saturated heterocycles. The van der Waals surface area contributed by atoms with Crippen molar-refractivity contribution in [2.45, 2.75) is 53.0 Å². The topological polar surface area (TPSA) is 35.2 Å². The van der Waals surface area contributed by atoms with Crippen molar-refractivity contribution < 1.29 is 4.74 Å². The highest BCUT2D eigenvalue weighted by atomic mass is 35.5. The fraction of sp³-hybridized carbons (Fsp3) is 0.600. The standard InChI is InChI=1S/C15H24ClNO/c1-5-18-14-9-10(2)15(16)12(4)13(14)8-6-7-11(3)17/h9,11H,5-8,17H2,1-4H3. The zero-order valence-corrected chi connectivity index (χ0v) is 12.6. The molecule has 1 unspecified atom stereocenters. The molecule has 102 valence electrons. The predicted molar refractivity (Wildman–Crippen MR) is 78.7 cm³/mol. The number of ether oxygens (including phenoxy) is 1. The highest BCUT2D eigenvalue weighted by molar-refractivity contribution is 6.32. The fourth-order valence-corrected chi connectivity index (χ4v) is 2.32. The van der Waals surface area contributed by atoms with Crippen LogP contribution in [0.5, 0.6) is 5.75 Å². The van der Waals surface area contributed by atoms with Crippen LogP contribution in [-0.4, -0.2) is 12.6 Å². The summed E-state index contributed by atoms with van der Waals surface area (Å²) in [5, 5.41) is 0.856. The lowest BCUT2D eigenvalue weighted by molar-refractivity contribution is 0.335. The molecule has 2 N–H and O–H groups in total. The van der Waals surface area contributed by atoms with Gasteiger partial charge in [-0.1, -0.05) is 11.6 Å². The lowest BCUT2D eigenvalue weighted by atomic mass is 9.98. The maximum atomic E-state index is 6.32. The van der Waals surface area contributed by atoms with Crippen LogP contribution in [0.4, 0.5) is 0 Å². The summed E-state index contributed by atoms with van der Waals surface area (Å²) in [4.78, 5) is 0. The number of benzene rings is 1. The number of hydrogen-bond acceptors (Lipinski definition) is 2. The van der Waals surface area contributed by atoms with Crippen LogP contribution < -0.4 is 10.5 Å². The molecule has 18 heavy (non-hydrogen) atoms. The predicted octanol–water partition coefficient (Wildman–Crippen LogP) is 4.03. The van der Waals surface area contributed by atoms with Gasteiger partial charge in [0.25, 0.3) is 0 Å². The first-order valence-corrected chi connectivity index (χ1v) is 7.02. The van der Waals surface area contributed by atoms with Gasteiger partial charge in [-0.25, -0.2) is 0 Å². The van der Waals surface area contributed by atoms with Crippen LogP contribution in [0.3, 0.4) is 0 Å². The molecule has 2 nitrogen and oxygen atoms in total. The monoisotopic (exact) mass is 269 g/mol. The van der Waals surface area contributed by atoms with Crippen LogP contribution in [0.1, 0.15) is 43.4 Å². The molecule has 0 fully saturated rings. The zero-order chi connectivity index (χ0) is 13.7. The average molecular weight is 270 g/mol. The summed E-state index contributed by atoms with van der Waals surface area (Å²) in [5.74, 6) is 0.974. The molecule has 0 saturated carbocycles. The van der Waals surface area contributed by atoms with E-state index in [0.717, 1.165) is 41.2 Å². The summed E-state index contributed by atoms with van der Waals surface area (Å²) in [6.45, 7) is 8.81. The quantitative estimate of drug-likeness (QED) is 0.846. The Hall–Kier alpha value is -0.730. The molecule has 1 atom stereocenters. The largest absolute Gasteiger partial charge is 0.494 e. The van der Waals surface area contributed by atoms with Gasteiger partial charge in [0, 0.05) is 11.1 Å². The number of nitrogens with two attached hydrogens (primary N) is 1. The summed E-state index contributed by atoms with van der Waals surface area (Å²) in [7, 11) is 0. The van der Waals surface area contributed by atoms with Crippen LogP contribution >= 0.6 is 11.6 Å². The first-order valence-electron chi connectivity index (χ1n) is 6.64. The maximum Gasteiger partial charge on any atom is 0.123 e. The summed E-state index contributed by atoms with van der Waals surface area (Å²) in [5.41, 5.74) is 9.24. The van der Waals surface area contributed by atoms with E-state index in [4.69, 9.17) is 22.1 Å². The van der Waals surface area contributed by atoms with Crippen LogP contribution in [0, 0.1) is 13.8 Å². The molecule has 3 heteroatoms. The molecular formula is C15H24ClNO. The van der Waals surface area contributed by atoms with Crippen LogP contribution in [-0.2, 0) is 6.42 Å². The highest BCUT2D eigenvalue weighted by Gasteiger charge is 2.13. The van der Waals surface area contributed by atoms with Crippen LogP contribution in [0.25, 0.3) is 0 Å². The molecule has 0 amide bonds. The number of hydrogen-bond donors (Lipinski definition) is 1. The highest BCUT2D eigenvalue weighted by Crippen LogP contribution is 2.32. The molecule has 1 aromatic rings. The van der Waals surface area contributed by atoms with Crippen molar-refractivity contribution in [3.63, 3.8) is 0 Å². The van der Waals surface area contributed by atoms with E-state index in [1.54, 1.807) is 0 Å². The second-order valence-electron chi connectivity index (χ2n) is 4.91. The van der Waals surface area contributed by atoms with Crippen molar-refractivity contribution in [3.8, 4) is 5.75 Å². The SMILES string of the molecule is CCOc1cc(C)c(Cl)c(C)c1CCCC(C)N. The third kappa shape index (κ3) is 3.89. The smallest absolute Gasteiger partial charge is 0.123 e. The Balaban J connectivity index is 2.95. The Bertz CT molecular complexity index is 402. The van der Waals surface area contributed by atoms with Gasteiger partial charge in [-0.3, -0.25) is 0 Å². The van der Waals surface area contributed by atoms with Gasteiger partial charge < -0.3 is 10.5 Å². The number of rotatable bonds is 6. The lowest BCUT2D eigenvalue weighted by Crippen LogP contribution is -2.14. The van der Waals surface area contributed by atoms with Crippen molar-refractivity contribution in [3.05, 3.63) is 27.8 Å². The zero-order valence-electron chi connectivity index (χ0n) is 11.8. The fourth-order valence-electron chi connectivity index (χ4n) is 2.16. The van der Waals surface area contributed by atoms with E-state index in [0.29, 0.717) is 6.61 Å². The third-order valence-corrected chi connectivity index (χ3v) is 3.74. The minimum atomic E-state index is 0.252. The second kappa shape index (κ2) is 7.01. The first kappa shape index (κ1) is 15.3. The summed E-state index contributed by atoms with van der Waals surface area (Å²) in [6.07, 6.45) is 3.07. The molecule has 1 rings (SSSR count).